The third-order valence-electron chi connectivity index (χ3n) is 7.27. The van der Waals surface area contributed by atoms with E-state index >= 15 is 0 Å². The molecule has 0 bridgehead atoms. The Balaban J connectivity index is 1.40. The quantitative estimate of drug-likeness (QED) is 0.168. The van der Waals surface area contributed by atoms with E-state index in [1.807, 2.05) is 6.07 Å². The second-order valence-electron chi connectivity index (χ2n) is 10.7. The van der Waals surface area contributed by atoms with Crippen LogP contribution in [0.4, 0.5) is 4.79 Å². The van der Waals surface area contributed by atoms with Gasteiger partial charge in [-0.1, -0.05) is 16.8 Å². The summed E-state index contributed by atoms with van der Waals surface area (Å²) in [6.45, 7) is 9.51. The number of hydrogen-bond donors (Lipinski definition) is 1. The topological polar surface area (TPSA) is 138 Å². The standard InChI is InChI=1S/C30H34ClN5O7S/c1-5-40-30(39)42-18(4)41-29(38)19-6-7-23-22(14-19)33-27(28(37)32-20-10-12-35(13-11-20)17(2)3)36(23)16-21-15-24(43-34-21)25-8-9-26(31)44-25/h6-9,14-15,17-18,20H,5,10-13,16H2,1-4H3,(H,32,37). The predicted octanol–water partition coefficient (Wildman–Crippen LogP) is 5.73. The second-order valence-corrected chi connectivity index (χ2v) is 12.4. The smallest absolute Gasteiger partial charge is 0.435 e. The fourth-order valence-corrected chi connectivity index (χ4v) is 6.03. The van der Waals surface area contributed by atoms with E-state index < -0.39 is 18.4 Å². The van der Waals surface area contributed by atoms with E-state index in [0.717, 1.165) is 30.8 Å². The highest BCUT2D eigenvalue weighted by Crippen LogP contribution is 2.32. The molecule has 44 heavy (non-hydrogen) atoms. The average Bonchev–Trinajstić information content (AvgIpc) is 3.72. The van der Waals surface area contributed by atoms with Crippen LogP contribution in [0, 0.1) is 0 Å². The zero-order valence-corrected chi connectivity index (χ0v) is 26.4. The molecule has 12 nitrogen and oxygen atoms in total. The number of esters is 1. The third kappa shape index (κ3) is 7.40. The number of rotatable bonds is 10. The number of carbonyl (C=O) groups excluding carboxylic acids is 3. The molecule has 234 valence electrons. The Morgan fingerprint density at radius 3 is 2.57 bits per heavy atom. The Kier molecular flexibility index (Phi) is 9.87. The predicted molar refractivity (Wildman–Crippen MR) is 164 cm³/mol. The van der Waals surface area contributed by atoms with E-state index in [0.29, 0.717) is 32.9 Å². The number of likely N-dealkylation sites (tertiary alicyclic amines) is 1. The van der Waals surface area contributed by atoms with E-state index in [-0.39, 0.29) is 36.5 Å². The molecular formula is C30H34ClN5O7S. The maximum absolute atomic E-state index is 13.6. The molecule has 0 radical (unpaired) electrons. The summed E-state index contributed by atoms with van der Waals surface area (Å²) < 4.78 is 22.8. The molecule has 0 aliphatic carbocycles. The van der Waals surface area contributed by atoms with Crippen LogP contribution in [0.15, 0.2) is 40.9 Å². The minimum atomic E-state index is -1.17. The Morgan fingerprint density at radius 1 is 1.11 bits per heavy atom. The van der Waals surface area contributed by atoms with Crippen LogP contribution >= 0.6 is 22.9 Å². The summed E-state index contributed by atoms with van der Waals surface area (Å²) >= 11 is 7.46. The van der Waals surface area contributed by atoms with Crippen LogP contribution in [-0.2, 0) is 20.8 Å². The lowest BCUT2D eigenvalue weighted by Gasteiger charge is -2.34. The van der Waals surface area contributed by atoms with Crippen molar-refractivity contribution in [3.05, 3.63) is 57.8 Å². The van der Waals surface area contributed by atoms with Crippen molar-refractivity contribution >= 4 is 52.0 Å². The first-order chi connectivity index (χ1) is 21.1. The number of carbonyl (C=O) groups is 3. The molecule has 4 heterocycles. The summed E-state index contributed by atoms with van der Waals surface area (Å²) in [5.74, 6) is -0.302. The van der Waals surface area contributed by atoms with Crippen molar-refractivity contribution in [3.63, 3.8) is 0 Å². The van der Waals surface area contributed by atoms with Crippen molar-refractivity contribution in [2.24, 2.45) is 0 Å². The molecule has 3 aromatic heterocycles. The van der Waals surface area contributed by atoms with Gasteiger partial charge >= 0.3 is 12.1 Å². The molecule has 1 N–H and O–H groups in total. The number of benzene rings is 1. The van der Waals surface area contributed by atoms with Gasteiger partial charge in [0.05, 0.1) is 39.0 Å². The maximum Gasteiger partial charge on any atom is 0.511 e. The molecule has 0 saturated carbocycles. The number of imidazole rings is 1. The third-order valence-corrected chi connectivity index (χ3v) is 8.52. The van der Waals surface area contributed by atoms with Crippen molar-refractivity contribution in [1.29, 1.82) is 0 Å². The number of piperidine rings is 1. The average molecular weight is 644 g/mol. The molecule has 1 atom stereocenters. The van der Waals surface area contributed by atoms with E-state index in [4.69, 9.17) is 30.3 Å². The summed E-state index contributed by atoms with van der Waals surface area (Å²) in [6.07, 6.45) is -0.437. The van der Waals surface area contributed by atoms with Gasteiger partial charge in [0.2, 0.25) is 6.29 Å². The lowest BCUT2D eigenvalue weighted by atomic mass is 10.0. The zero-order chi connectivity index (χ0) is 31.4. The first kappa shape index (κ1) is 31.5. The van der Waals surface area contributed by atoms with Gasteiger partial charge in [0.1, 0.15) is 5.69 Å². The van der Waals surface area contributed by atoms with Crippen LogP contribution in [0.25, 0.3) is 21.7 Å². The summed E-state index contributed by atoms with van der Waals surface area (Å²) in [5.41, 5.74) is 1.78. The minimum Gasteiger partial charge on any atom is -0.435 e. The number of amides is 1. The number of ether oxygens (including phenoxy) is 3. The molecule has 0 spiro atoms. The van der Waals surface area contributed by atoms with Crippen molar-refractivity contribution in [3.8, 4) is 10.6 Å². The van der Waals surface area contributed by atoms with Crippen molar-refractivity contribution in [1.82, 2.24) is 24.9 Å². The van der Waals surface area contributed by atoms with Gasteiger partial charge in [-0.3, -0.25) is 4.79 Å². The van der Waals surface area contributed by atoms with E-state index in [1.54, 1.807) is 35.8 Å². The fraction of sp³-hybridized carbons (Fsp3) is 0.433. The molecule has 1 amide bonds. The van der Waals surface area contributed by atoms with Crippen molar-refractivity contribution in [2.75, 3.05) is 19.7 Å². The Morgan fingerprint density at radius 2 is 1.89 bits per heavy atom. The van der Waals surface area contributed by atoms with Gasteiger partial charge in [-0.15, -0.1) is 11.3 Å². The van der Waals surface area contributed by atoms with Gasteiger partial charge in [0, 0.05) is 38.2 Å². The van der Waals surface area contributed by atoms with Gasteiger partial charge in [0.25, 0.3) is 5.91 Å². The normalized spacial score (nSPS) is 15.0. The van der Waals surface area contributed by atoms with E-state index in [9.17, 15) is 14.4 Å². The van der Waals surface area contributed by atoms with Gasteiger partial charge < -0.3 is 33.5 Å². The molecule has 1 saturated heterocycles. The Labute approximate surface area is 263 Å². The van der Waals surface area contributed by atoms with Crippen molar-refractivity contribution < 1.29 is 33.1 Å². The molecule has 5 rings (SSSR count). The van der Waals surface area contributed by atoms with Crippen molar-refractivity contribution in [2.45, 2.75) is 65.5 Å². The second kappa shape index (κ2) is 13.8. The minimum absolute atomic E-state index is 0.0133. The summed E-state index contributed by atoms with van der Waals surface area (Å²) in [4.78, 5) is 45.9. The van der Waals surface area contributed by atoms with Gasteiger partial charge in [-0.25, -0.2) is 14.6 Å². The van der Waals surface area contributed by atoms with Crippen LogP contribution in [-0.4, -0.2) is 75.7 Å². The SMILES string of the molecule is CCOC(=O)OC(C)OC(=O)c1ccc2c(c1)nc(C(=O)NC1CCN(C(C)C)CC1)n2Cc1cc(-c2ccc(Cl)s2)on1. The number of nitrogens with one attached hydrogen (secondary N) is 1. The highest BCUT2D eigenvalue weighted by molar-refractivity contribution is 7.19. The summed E-state index contributed by atoms with van der Waals surface area (Å²) in [7, 11) is 0. The highest BCUT2D eigenvalue weighted by Gasteiger charge is 2.26. The van der Waals surface area contributed by atoms with E-state index in [2.05, 4.69) is 34.2 Å². The van der Waals surface area contributed by atoms with Crippen LogP contribution in [0.1, 0.15) is 67.2 Å². The number of hydrogen-bond acceptors (Lipinski definition) is 11. The number of aromatic nitrogens is 3. The number of fused-ring (bicyclic) bond motifs is 1. The maximum atomic E-state index is 13.6. The number of halogens is 1. The first-order valence-corrected chi connectivity index (χ1v) is 15.6. The summed E-state index contributed by atoms with van der Waals surface area (Å²) in [6, 6.07) is 10.7. The van der Waals surface area contributed by atoms with Crippen LogP contribution in [0.5, 0.6) is 0 Å². The molecular weight excluding hydrogens is 610 g/mol. The molecule has 14 heteroatoms. The number of thiophene rings is 1. The molecule has 4 aromatic rings. The molecule has 1 unspecified atom stereocenters. The largest absolute Gasteiger partial charge is 0.511 e. The van der Waals surface area contributed by atoms with Gasteiger partial charge in [-0.2, -0.15) is 0 Å². The van der Waals surface area contributed by atoms with E-state index in [1.165, 1.54) is 24.3 Å². The lowest BCUT2D eigenvalue weighted by molar-refractivity contribution is -0.0811. The molecule has 1 fully saturated rings. The first-order valence-electron chi connectivity index (χ1n) is 14.4. The highest BCUT2D eigenvalue weighted by atomic mass is 35.5. The van der Waals surface area contributed by atoms with Crippen LogP contribution in [0.2, 0.25) is 4.34 Å². The van der Waals surface area contributed by atoms with Crippen LogP contribution in [0.3, 0.4) is 0 Å². The molecule has 1 aliphatic heterocycles. The number of nitrogens with zero attached hydrogens (tertiary/aromatic N) is 4. The Bertz CT molecular complexity index is 1640. The lowest BCUT2D eigenvalue weighted by Crippen LogP contribution is -2.47. The monoisotopic (exact) mass is 643 g/mol. The van der Waals surface area contributed by atoms with Gasteiger partial charge in [0.15, 0.2) is 11.6 Å². The fourth-order valence-electron chi connectivity index (χ4n) is 5.04. The summed E-state index contributed by atoms with van der Waals surface area (Å²) in [5, 5.41) is 7.37. The Hall–Kier alpha value is -3.94. The molecule has 1 aromatic carbocycles. The van der Waals surface area contributed by atoms with Crippen LogP contribution < -0.4 is 5.32 Å². The molecule has 1 aliphatic rings. The van der Waals surface area contributed by atoms with Gasteiger partial charge in [-0.05, 0) is 63.9 Å². The zero-order valence-electron chi connectivity index (χ0n) is 24.9.